The molecule has 4 rings (SSSR count). The van der Waals surface area contributed by atoms with Crippen molar-refractivity contribution in [2.75, 3.05) is 6.61 Å². The van der Waals surface area contributed by atoms with Crippen LogP contribution < -0.4 is 15.9 Å². The van der Waals surface area contributed by atoms with Crippen molar-refractivity contribution in [3.05, 3.63) is 92.1 Å². The number of fused-ring (bicyclic) bond motifs is 1. The standard InChI is InChI=1S/C25H22N2O6/c1-3-15-13-20(28)33-23-21(15)22(29)26-25(27-23)32-14-18-8-5-6-11-19(18)16-9-7-10-17(12-16)24(30)31-4-2/h5-13H,3-4,14H2,1-2H3,(H,26,27,29). The molecule has 168 valence electrons. The molecule has 0 spiro atoms. The quantitative estimate of drug-likeness (QED) is 0.429. The summed E-state index contributed by atoms with van der Waals surface area (Å²) < 4.78 is 16.0. The van der Waals surface area contributed by atoms with Crippen molar-refractivity contribution < 1.29 is 18.7 Å². The normalized spacial score (nSPS) is 10.8. The molecular weight excluding hydrogens is 424 g/mol. The number of hydrogen-bond acceptors (Lipinski definition) is 7. The van der Waals surface area contributed by atoms with E-state index in [0.717, 1.165) is 16.7 Å². The van der Waals surface area contributed by atoms with Gasteiger partial charge >= 0.3 is 11.6 Å². The van der Waals surface area contributed by atoms with E-state index in [1.165, 1.54) is 6.07 Å². The van der Waals surface area contributed by atoms with Crippen LogP contribution in [0, 0.1) is 0 Å². The Hall–Kier alpha value is -4.20. The van der Waals surface area contributed by atoms with Gasteiger partial charge in [-0.3, -0.25) is 9.78 Å². The van der Waals surface area contributed by atoms with E-state index in [1.54, 1.807) is 25.1 Å². The number of aryl methyl sites for hydroxylation is 1. The number of hydrogen-bond donors (Lipinski definition) is 1. The lowest BCUT2D eigenvalue weighted by atomic mass is 9.98. The lowest BCUT2D eigenvalue weighted by Crippen LogP contribution is -2.15. The van der Waals surface area contributed by atoms with E-state index in [9.17, 15) is 14.4 Å². The highest BCUT2D eigenvalue weighted by molar-refractivity contribution is 5.91. The highest BCUT2D eigenvalue weighted by Crippen LogP contribution is 2.26. The number of benzene rings is 2. The molecule has 0 aliphatic rings. The largest absolute Gasteiger partial charge is 0.462 e. The molecule has 0 saturated carbocycles. The van der Waals surface area contributed by atoms with Gasteiger partial charge in [-0.05, 0) is 47.7 Å². The van der Waals surface area contributed by atoms with E-state index >= 15 is 0 Å². The van der Waals surface area contributed by atoms with E-state index in [1.807, 2.05) is 37.3 Å². The maximum atomic E-state index is 12.6. The average molecular weight is 446 g/mol. The number of H-pyrrole nitrogens is 1. The number of carbonyl (C=O) groups excluding carboxylic acids is 1. The minimum absolute atomic E-state index is 0.0565. The SMILES string of the molecule is CCOC(=O)c1cccc(-c2ccccc2COc2nc3oc(=O)cc(CC)c3c(=O)[nH]2)c1. The van der Waals surface area contributed by atoms with Gasteiger partial charge in [-0.25, -0.2) is 9.59 Å². The number of esters is 1. The number of nitrogens with one attached hydrogen (secondary N) is 1. The Morgan fingerprint density at radius 1 is 1.03 bits per heavy atom. The van der Waals surface area contributed by atoms with Crippen LogP contribution in [0.2, 0.25) is 0 Å². The summed E-state index contributed by atoms with van der Waals surface area (Å²) in [6, 6.07) is 15.9. The van der Waals surface area contributed by atoms with E-state index in [-0.39, 0.29) is 29.7 Å². The van der Waals surface area contributed by atoms with Gasteiger partial charge in [0.05, 0.1) is 12.2 Å². The molecule has 0 fully saturated rings. The van der Waals surface area contributed by atoms with Crippen molar-refractivity contribution in [2.24, 2.45) is 0 Å². The molecule has 2 aromatic heterocycles. The molecule has 0 aliphatic carbocycles. The molecule has 0 saturated heterocycles. The zero-order chi connectivity index (χ0) is 23.4. The maximum Gasteiger partial charge on any atom is 0.338 e. The maximum absolute atomic E-state index is 12.6. The fourth-order valence-corrected chi connectivity index (χ4v) is 3.58. The zero-order valence-electron chi connectivity index (χ0n) is 18.2. The van der Waals surface area contributed by atoms with Gasteiger partial charge < -0.3 is 13.9 Å². The van der Waals surface area contributed by atoms with Crippen LogP contribution in [-0.4, -0.2) is 22.5 Å². The summed E-state index contributed by atoms with van der Waals surface area (Å²) in [5.74, 6) is -0.390. The molecule has 4 aromatic rings. The van der Waals surface area contributed by atoms with Gasteiger partial charge in [-0.2, -0.15) is 4.98 Å². The third-order valence-electron chi connectivity index (χ3n) is 5.12. The number of nitrogens with zero attached hydrogens (tertiary/aromatic N) is 1. The van der Waals surface area contributed by atoms with E-state index in [0.29, 0.717) is 24.2 Å². The molecule has 0 atom stereocenters. The summed E-state index contributed by atoms with van der Waals surface area (Å²) in [4.78, 5) is 43.2. The minimum atomic E-state index is -0.574. The minimum Gasteiger partial charge on any atom is -0.462 e. The Kier molecular flexibility index (Phi) is 6.35. The van der Waals surface area contributed by atoms with Crippen molar-refractivity contribution in [3.8, 4) is 17.1 Å². The summed E-state index contributed by atoms with van der Waals surface area (Å²) in [6.07, 6.45) is 0.491. The number of rotatable bonds is 7. The van der Waals surface area contributed by atoms with Gasteiger partial charge in [-0.15, -0.1) is 0 Å². The molecule has 1 N–H and O–H groups in total. The van der Waals surface area contributed by atoms with Crippen LogP contribution in [-0.2, 0) is 17.8 Å². The lowest BCUT2D eigenvalue weighted by Gasteiger charge is -2.12. The van der Waals surface area contributed by atoms with E-state index < -0.39 is 11.2 Å². The van der Waals surface area contributed by atoms with Crippen LogP contribution in [0.1, 0.15) is 35.3 Å². The molecular formula is C25H22N2O6. The van der Waals surface area contributed by atoms with Crippen molar-refractivity contribution >= 4 is 17.1 Å². The fraction of sp³-hybridized carbons (Fsp3) is 0.200. The van der Waals surface area contributed by atoms with Crippen LogP contribution in [0.4, 0.5) is 0 Å². The Balaban J connectivity index is 1.64. The number of aromatic nitrogens is 2. The average Bonchev–Trinajstić information content (AvgIpc) is 2.82. The van der Waals surface area contributed by atoms with Gasteiger partial charge in [0.15, 0.2) is 0 Å². The second-order valence-corrected chi connectivity index (χ2v) is 7.24. The van der Waals surface area contributed by atoms with Crippen molar-refractivity contribution in [2.45, 2.75) is 26.9 Å². The molecule has 0 bridgehead atoms. The first-order valence-electron chi connectivity index (χ1n) is 10.6. The van der Waals surface area contributed by atoms with Crippen LogP contribution in [0.3, 0.4) is 0 Å². The number of ether oxygens (including phenoxy) is 2. The third-order valence-corrected chi connectivity index (χ3v) is 5.12. The molecule has 0 amide bonds. The molecule has 0 aliphatic heterocycles. The number of aromatic amines is 1. The summed E-state index contributed by atoms with van der Waals surface area (Å²) in [5.41, 5.74) is 2.42. The molecule has 2 aromatic carbocycles. The van der Waals surface area contributed by atoms with Crippen molar-refractivity contribution in [1.82, 2.24) is 9.97 Å². The van der Waals surface area contributed by atoms with Crippen LogP contribution in [0.5, 0.6) is 6.01 Å². The first-order valence-corrected chi connectivity index (χ1v) is 10.6. The first kappa shape index (κ1) is 22.0. The van der Waals surface area contributed by atoms with E-state index in [4.69, 9.17) is 13.9 Å². The zero-order valence-corrected chi connectivity index (χ0v) is 18.2. The van der Waals surface area contributed by atoms with Gasteiger partial charge in [0.25, 0.3) is 11.6 Å². The second kappa shape index (κ2) is 9.52. The van der Waals surface area contributed by atoms with Crippen LogP contribution >= 0.6 is 0 Å². The smallest absolute Gasteiger partial charge is 0.338 e. The summed E-state index contributed by atoms with van der Waals surface area (Å²) in [7, 11) is 0. The Bertz CT molecular complexity index is 1440. The predicted molar refractivity (Wildman–Crippen MR) is 122 cm³/mol. The fourth-order valence-electron chi connectivity index (χ4n) is 3.58. The molecule has 0 radical (unpaired) electrons. The van der Waals surface area contributed by atoms with E-state index in [2.05, 4.69) is 9.97 Å². The van der Waals surface area contributed by atoms with Crippen LogP contribution in [0.15, 0.2) is 68.6 Å². The molecule has 8 heteroatoms. The summed E-state index contributed by atoms with van der Waals surface area (Å²) in [5, 5.41) is 0.237. The monoisotopic (exact) mass is 446 g/mol. The van der Waals surface area contributed by atoms with Gasteiger partial charge in [-0.1, -0.05) is 43.3 Å². The lowest BCUT2D eigenvalue weighted by molar-refractivity contribution is 0.0526. The third kappa shape index (κ3) is 4.69. The Morgan fingerprint density at radius 3 is 2.64 bits per heavy atom. The van der Waals surface area contributed by atoms with Gasteiger partial charge in [0, 0.05) is 6.07 Å². The molecule has 33 heavy (non-hydrogen) atoms. The van der Waals surface area contributed by atoms with Gasteiger partial charge in [0.2, 0.25) is 5.71 Å². The van der Waals surface area contributed by atoms with Gasteiger partial charge in [0.1, 0.15) is 12.0 Å². The van der Waals surface area contributed by atoms with Crippen LogP contribution in [0.25, 0.3) is 22.2 Å². The Labute approximate surface area is 188 Å². The molecule has 8 nitrogen and oxygen atoms in total. The topological polar surface area (TPSA) is 111 Å². The molecule has 2 heterocycles. The Morgan fingerprint density at radius 2 is 1.85 bits per heavy atom. The van der Waals surface area contributed by atoms with Crippen molar-refractivity contribution in [3.63, 3.8) is 0 Å². The first-order chi connectivity index (χ1) is 16.0. The van der Waals surface area contributed by atoms with Crippen molar-refractivity contribution in [1.29, 1.82) is 0 Å². The number of carbonyl (C=O) groups is 1. The highest BCUT2D eigenvalue weighted by Gasteiger charge is 2.14. The predicted octanol–water partition coefficient (Wildman–Crippen LogP) is 3.86. The second-order valence-electron chi connectivity index (χ2n) is 7.24. The summed E-state index contributed by atoms with van der Waals surface area (Å²) >= 11 is 0. The highest BCUT2D eigenvalue weighted by atomic mass is 16.5. The summed E-state index contributed by atoms with van der Waals surface area (Å²) in [6.45, 7) is 3.98. The molecule has 0 unspecified atom stereocenters.